The van der Waals surface area contributed by atoms with Crippen molar-refractivity contribution in [1.29, 1.82) is 0 Å². The number of hydrogen-bond acceptors (Lipinski definition) is 0. The zero-order valence-electron chi connectivity index (χ0n) is 19.9. The summed E-state index contributed by atoms with van der Waals surface area (Å²) >= 11 is 0. The summed E-state index contributed by atoms with van der Waals surface area (Å²) in [6, 6.07) is 21.8. The van der Waals surface area contributed by atoms with Crippen LogP contribution in [0.3, 0.4) is 0 Å². The summed E-state index contributed by atoms with van der Waals surface area (Å²) in [5, 5.41) is 2.97. The fraction of sp³-hybridized carbons (Fsp3) is 0.400. The van der Waals surface area contributed by atoms with Crippen molar-refractivity contribution in [3.05, 3.63) is 80.7 Å². The molecule has 0 aliphatic heterocycles. The van der Waals surface area contributed by atoms with Crippen molar-refractivity contribution in [3.8, 4) is 0 Å². The van der Waals surface area contributed by atoms with Crippen LogP contribution in [0.4, 0.5) is 0 Å². The van der Waals surface area contributed by atoms with Crippen LogP contribution in [-0.4, -0.2) is 21.8 Å². The standard InChI is InChI=1S/C17H20P.2C4H11Si.Co/c1-14(2)15(3)18(16-10-6-4-7-11-16)17-12-8-5-9-13-17;2*1-5(2,3)4;/h4-15H,1H2,2-3H3;2*1H2,2-4H3;/q3*-1;+3/p+1. The monoisotopic (exact) mass is 489 g/mol. The Morgan fingerprint density at radius 1 is 0.655 bits per heavy atom. The van der Waals surface area contributed by atoms with Gasteiger partial charge in [-0.25, -0.2) is 0 Å². The maximum absolute atomic E-state index is 4.24. The molecule has 0 N–H and O–H groups in total. The molecule has 0 amide bonds. The fourth-order valence-corrected chi connectivity index (χ4v) is 5.27. The summed E-state index contributed by atoms with van der Waals surface area (Å²) < 4.78 is 0. The van der Waals surface area contributed by atoms with Crippen molar-refractivity contribution in [3.63, 3.8) is 0 Å². The van der Waals surface area contributed by atoms with Gasteiger partial charge >= 0.3 is 16.8 Å². The Morgan fingerprint density at radius 2 is 0.897 bits per heavy atom. The second kappa shape index (κ2) is 14.8. The van der Waals surface area contributed by atoms with E-state index in [9.17, 15) is 0 Å². The van der Waals surface area contributed by atoms with Crippen molar-refractivity contribution in [2.45, 2.75) is 58.8 Å². The van der Waals surface area contributed by atoms with E-state index in [1.807, 2.05) is 0 Å². The molecule has 0 spiro atoms. The summed E-state index contributed by atoms with van der Waals surface area (Å²) in [7, 11) is -2.46. The molecule has 0 aromatic heterocycles. The summed E-state index contributed by atoms with van der Waals surface area (Å²) in [6.07, 6.45) is 0. The zero-order valence-corrected chi connectivity index (χ0v) is 23.9. The van der Waals surface area contributed by atoms with E-state index in [0.717, 1.165) is 0 Å². The van der Waals surface area contributed by atoms with Crippen LogP contribution in [0.25, 0.3) is 0 Å². The second-order valence-electron chi connectivity index (χ2n) is 10.0. The Labute approximate surface area is 196 Å². The van der Waals surface area contributed by atoms with E-state index in [-0.39, 0.29) is 16.8 Å². The molecule has 2 aromatic carbocycles. The van der Waals surface area contributed by atoms with Crippen LogP contribution >= 0.6 is 7.92 Å². The van der Waals surface area contributed by atoms with Gasteiger partial charge in [0.25, 0.3) is 0 Å². The van der Waals surface area contributed by atoms with Gasteiger partial charge in [-0.15, -0.1) is 22.1 Å². The summed E-state index contributed by atoms with van der Waals surface area (Å²) in [5.74, 6) is 0.472. The van der Waals surface area contributed by atoms with Crippen LogP contribution in [0.1, 0.15) is 13.8 Å². The minimum Gasteiger partial charge on any atom is -0.342 e. The van der Waals surface area contributed by atoms with Gasteiger partial charge in [-0.1, -0.05) is 82.6 Å². The van der Waals surface area contributed by atoms with Crippen molar-refractivity contribution in [2.24, 2.45) is 5.92 Å². The van der Waals surface area contributed by atoms with Gasteiger partial charge in [0.15, 0.2) is 0 Å². The van der Waals surface area contributed by atoms with Crippen LogP contribution < -0.4 is 10.6 Å². The molecule has 0 radical (unpaired) electrons. The second-order valence-corrected chi connectivity index (χ2v) is 23.2. The Bertz CT molecular complexity index is 568. The molecular formula is C25H43CoPSi2+. The maximum Gasteiger partial charge on any atom is 3.00 e. The fourth-order valence-electron chi connectivity index (χ4n) is 2.21. The molecule has 2 rings (SSSR count). The number of rotatable bonds is 4. The SMILES string of the molecule is [CH2-]C(C)C(C)[PH+](c1ccccc1)c1ccccc1.[CH2-][Si](C)(C)C.[CH2-][Si](C)(C)C.[Co+3]. The molecule has 0 aliphatic carbocycles. The van der Waals surface area contributed by atoms with Crippen LogP contribution in [0.15, 0.2) is 60.7 Å². The van der Waals surface area contributed by atoms with Crippen LogP contribution in [0.2, 0.25) is 39.3 Å². The molecule has 0 saturated carbocycles. The minimum atomic E-state index is -0.861. The maximum atomic E-state index is 4.24. The summed E-state index contributed by atoms with van der Waals surface area (Å²) in [5.41, 5.74) is 0.625. The smallest absolute Gasteiger partial charge is 0.342 e. The van der Waals surface area contributed by atoms with Gasteiger partial charge in [0.2, 0.25) is 0 Å². The third-order valence-electron chi connectivity index (χ3n) is 3.48. The molecule has 0 saturated heterocycles. The van der Waals surface area contributed by atoms with Crippen LogP contribution in [0, 0.1) is 25.9 Å². The summed E-state index contributed by atoms with van der Waals surface area (Å²) in [4.78, 5) is 0. The predicted octanol–water partition coefficient (Wildman–Crippen LogP) is 7.10. The molecule has 4 heteroatoms. The topological polar surface area (TPSA) is 0 Å². The molecule has 29 heavy (non-hydrogen) atoms. The van der Waals surface area contributed by atoms with E-state index in [2.05, 4.69) is 134 Å². The van der Waals surface area contributed by atoms with E-state index in [1.165, 1.54) is 10.6 Å². The van der Waals surface area contributed by atoms with Gasteiger partial charge in [-0.3, -0.25) is 0 Å². The van der Waals surface area contributed by atoms with Gasteiger partial charge in [-0.05, 0) is 31.2 Å². The van der Waals surface area contributed by atoms with Gasteiger partial charge in [0.1, 0.15) is 0 Å². The third-order valence-corrected chi connectivity index (χ3v) is 6.87. The normalized spacial score (nSPS) is 13.1. The summed E-state index contributed by atoms with van der Waals surface area (Å²) in [6.45, 7) is 29.9. The molecule has 0 bridgehead atoms. The van der Waals surface area contributed by atoms with Crippen molar-refractivity contribution >= 4 is 34.7 Å². The minimum absolute atomic E-state index is 0. The largest absolute Gasteiger partial charge is 3.00 e. The predicted molar refractivity (Wildman–Crippen MR) is 142 cm³/mol. The molecule has 164 valence electrons. The quantitative estimate of drug-likeness (QED) is 0.244. The first-order valence-electron chi connectivity index (χ1n) is 10.2. The first-order chi connectivity index (χ1) is 12.7. The average molecular weight is 490 g/mol. The van der Waals surface area contributed by atoms with Crippen molar-refractivity contribution in [2.75, 3.05) is 0 Å². The van der Waals surface area contributed by atoms with Crippen LogP contribution in [0.5, 0.6) is 0 Å². The Hall–Kier alpha value is -0.190. The van der Waals surface area contributed by atoms with E-state index < -0.39 is 24.1 Å². The van der Waals surface area contributed by atoms with E-state index >= 15 is 0 Å². The van der Waals surface area contributed by atoms with E-state index in [4.69, 9.17) is 0 Å². The Morgan fingerprint density at radius 3 is 1.10 bits per heavy atom. The van der Waals surface area contributed by atoms with Gasteiger partial charge in [0.05, 0.1) is 18.5 Å². The number of hydrogen-bond donors (Lipinski definition) is 0. The molecule has 2 unspecified atom stereocenters. The van der Waals surface area contributed by atoms with Crippen LogP contribution in [-0.2, 0) is 16.8 Å². The molecular weight excluding hydrogens is 446 g/mol. The Balaban J connectivity index is 0. The zero-order chi connectivity index (χ0) is 22.0. The van der Waals surface area contributed by atoms with Gasteiger partial charge in [0, 0.05) is 5.66 Å². The third kappa shape index (κ3) is 18.3. The van der Waals surface area contributed by atoms with Gasteiger partial charge in [-0.2, -0.15) is 0 Å². The van der Waals surface area contributed by atoms with Crippen molar-refractivity contribution < 1.29 is 16.8 Å². The molecule has 2 atom stereocenters. The molecule has 2 aromatic rings. The average Bonchev–Trinajstić information content (AvgIpc) is 2.54. The molecule has 0 aliphatic rings. The van der Waals surface area contributed by atoms with E-state index in [1.54, 1.807) is 0 Å². The first-order valence-corrected chi connectivity index (χ1v) is 19.2. The molecule has 0 nitrogen and oxygen atoms in total. The molecule has 0 fully saturated rings. The van der Waals surface area contributed by atoms with Gasteiger partial charge < -0.3 is 20.0 Å². The van der Waals surface area contributed by atoms with E-state index in [0.29, 0.717) is 11.6 Å². The van der Waals surface area contributed by atoms with Crippen molar-refractivity contribution in [1.82, 2.24) is 0 Å². The Kier molecular flexibility index (Phi) is 15.8. The molecule has 0 heterocycles. The number of benzene rings is 2. The first kappa shape index (κ1) is 31.0.